The van der Waals surface area contributed by atoms with Crippen LogP contribution in [0.4, 0.5) is 5.69 Å². The maximum Gasteiger partial charge on any atom is 0.254 e. The molecule has 1 atom stereocenters. The number of hydrogen-bond donors (Lipinski definition) is 1. The summed E-state index contributed by atoms with van der Waals surface area (Å²) in [5.74, 6) is -0.154. The lowest BCUT2D eigenvalue weighted by Gasteiger charge is -2.20. The van der Waals surface area contributed by atoms with Crippen LogP contribution in [-0.2, 0) is 9.59 Å². The van der Waals surface area contributed by atoms with Crippen molar-refractivity contribution < 1.29 is 9.59 Å². The van der Waals surface area contributed by atoms with E-state index in [0.29, 0.717) is 0 Å². The number of benzene rings is 1. The number of aryl methyl sites for hydroxylation is 2. The zero-order valence-electron chi connectivity index (χ0n) is 18.3. The van der Waals surface area contributed by atoms with Crippen molar-refractivity contribution in [3.05, 3.63) is 28.8 Å². The molecule has 0 saturated heterocycles. The Morgan fingerprint density at radius 1 is 0.964 bits per heavy atom. The molecule has 0 fully saturated rings. The highest BCUT2D eigenvalue weighted by Crippen LogP contribution is 2.39. The van der Waals surface area contributed by atoms with Crippen LogP contribution in [-0.4, -0.2) is 18.4 Å². The summed E-state index contributed by atoms with van der Waals surface area (Å²) in [6, 6.07) is 3.63. The molecule has 1 aliphatic rings. The smallest absolute Gasteiger partial charge is 0.254 e. The van der Waals surface area contributed by atoms with E-state index in [1.807, 2.05) is 17.9 Å². The molecular weight excluding hydrogens is 348 g/mol. The first-order chi connectivity index (χ1) is 13.5. The van der Waals surface area contributed by atoms with Crippen molar-refractivity contribution in [3.8, 4) is 0 Å². The Hall–Kier alpha value is -1.84. The van der Waals surface area contributed by atoms with Gasteiger partial charge in [-0.15, -0.1) is 0 Å². The number of nitrogens with zero attached hydrogens (tertiary/aromatic N) is 1. The molecule has 0 aliphatic carbocycles. The van der Waals surface area contributed by atoms with E-state index in [1.54, 1.807) is 0 Å². The third-order valence-electron chi connectivity index (χ3n) is 5.65. The predicted octanol–water partition coefficient (Wildman–Crippen LogP) is 5.75. The van der Waals surface area contributed by atoms with Crippen molar-refractivity contribution in [1.29, 1.82) is 0 Å². The lowest BCUT2D eigenvalue weighted by atomic mass is 10.0. The summed E-state index contributed by atoms with van der Waals surface area (Å²) in [6.45, 7) is 8.56. The number of anilines is 1. The van der Waals surface area contributed by atoms with Gasteiger partial charge in [-0.2, -0.15) is 0 Å². The second kappa shape index (κ2) is 11.2. The monoisotopic (exact) mass is 386 g/mol. The van der Waals surface area contributed by atoms with Gasteiger partial charge in [0.2, 0.25) is 5.91 Å². The number of hydrogen-bond acceptors (Lipinski definition) is 2. The van der Waals surface area contributed by atoms with E-state index in [-0.39, 0.29) is 11.8 Å². The fourth-order valence-electron chi connectivity index (χ4n) is 4.30. The van der Waals surface area contributed by atoms with E-state index >= 15 is 0 Å². The normalized spacial score (nSPS) is 15.8. The topological polar surface area (TPSA) is 49.4 Å². The van der Waals surface area contributed by atoms with Crippen LogP contribution in [0.25, 0.3) is 0 Å². The molecule has 1 aromatic carbocycles. The van der Waals surface area contributed by atoms with E-state index in [1.165, 1.54) is 58.3 Å². The molecule has 2 amide bonds. The van der Waals surface area contributed by atoms with Gasteiger partial charge in [-0.05, 0) is 25.8 Å². The summed E-state index contributed by atoms with van der Waals surface area (Å²) in [6.07, 6.45) is 12.8. The number of amides is 2. The fraction of sp³-hybridized carbons (Fsp3) is 0.667. The second-order valence-electron chi connectivity index (χ2n) is 8.33. The molecule has 0 bridgehead atoms. The number of fused-ring (bicyclic) bond motifs is 1. The highest BCUT2D eigenvalue weighted by molar-refractivity contribution is 6.06. The Kier molecular flexibility index (Phi) is 9.01. The predicted molar refractivity (Wildman–Crippen MR) is 117 cm³/mol. The van der Waals surface area contributed by atoms with Crippen molar-refractivity contribution in [2.45, 2.75) is 97.9 Å². The van der Waals surface area contributed by atoms with Gasteiger partial charge < -0.3 is 10.2 Å². The van der Waals surface area contributed by atoms with E-state index in [9.17, 15) is 9.59 Å². The van der Waals surface area contributed by atoms with E-state index in [2.05, 4.69) is 25.2 Å². The van der Waals surface area contributed by atoms with Gasteiger partial charge >= 0.3 is 0 Å². The van der Waals surface area contributed by atoms with Crippen molar-refractivity contribution >= 4 is 17.5 Å². The quantitative estimate of drug-likeness (QED) is 0.465. The van der Waals surface area contributed by atoms with Gasteiger partial charge in [0.15, 0.2) is 0 Å². The summed E-state index contributed by atoms with van der Waals surface area (Å²) < 4.78 is 0. The first-order valence-corrected chi connectivity index (χ1v) is 11.1. The second-order valence-corrected chi connectivity index (χ2v) is 8.33. The van der Waals surface area contributed by atoms with Crippen LogP contribution in [0.15, 0.2) is 12.1 Å². The minimum Gasteiger partial charge on any atom is -0.341 e. The molecule has 0 saturated carbocycles. The molecule has 156 valence electrons. The Morgan fingerprint density at radius 3 is 2.11 bits per heavy atom. The SMILES string of the molecule is CCCCCCCCCCCCN1C(=O)C(NC(C)=O)c2cc(C)cc(C)c21. The lowest BCUT2D eigenvalue weighted by molar-refractivity contribution is -0.126. The molecule has 2 rings (SSSR count). The molecule has 1 aromatic rings. The summed E-state index contributed by atoms with van der Waals surface area (Å²) in [7, 11) is 0. The van der Waals surface area contributed by atoms with Crippen molar-refractivity contribution in [3.63, 3.8) is 0 Å². The van der Waals surface area contributed by atoms with Gasteiger partial charge in [0, 0.05) is 19.0 Å². The minimum atomic E-state index is -0.533. The Balaban J connectivity index is 1.84. The maximum absolute atomic E-state index is 13.0. The standard InChI is InChI=1S/C24H38N2O2/c1-5-6-7-8-9-10-11-12-13-14-15-26-23-19(3)16-18(2)17-21(23)22(24(26)28)25-20(4)27/h16-17,22H,5-15H2,1-4H3,(H,25,27). The largest absolute Gasteiger partial charge is 0.341 e. The summed E-state index contributed by atoms with van der Waals surface area (Å²) in [4.78, 5) is 26.5. The van der Waals surface area contributed by atoms with Crippen molar-refractivity contribution in [2.75, 3.05) is 11.4 Å². The van der Waals surface area contributed by atoms with Gasteiger partial charge in [0.25, 0.3) is 5.91 Å². The number of rotatable bonds is 12. The number of nitrogens with one attached hydrogen (secondary N) is 1. The van der Waals surface area contributed by atoms with Crippen LogP contribution in [0.2, 0.25) is 0 Å². The number of carbonyl (C=O) groups is 2. The van der Waals surface area contributed by atoms with Gasteiger partial charge in [-0.3, -0.25) is 9.59 Å². The van der Waals surface area contributed by atoms with Crippen LogP contribution < -0.4 is 10.2 Å². The van der Waals surface area contributed by atoms with E-state index in [0.717, 1.165) is 41.8 Å². The zero-order valence-corrected chi connectivity index (χ0v) is 18.3. The first-order valence-electron chi connectivity index (χ1n) is 11.1. The van der Waals surface area contributed by atoms with E-state index in [4.69, 9.17) is 0 Å². The zero-order chi connectivity index (χ0) is 20.5. The number of carbonyl (C=O) groups excluding carboxylic acids is 2. The highest BCUT2D eigenvalue weighted by Gasteiger charge is 2.38. The van der Waals surface area contributed by atoms with Crippen LogP contribution in [0.3, 0.4) is 0 Å². The Morgan fingerprint density at radius 2 is 1.54 bits per heavy atom. The van der Waals surface area contributed by atoms with Crippen LogP contribution >= 0.6 is 0 Å². The Labute approximate surface area is 171 Å². The summed E-state index contributed by atoms with van der Waals surface area (Å²) in [5.41, 5.74) is 4.19. The summed E-state index contributed by atoms with van der Waals surface area (Å²) >= 11 is 0. The molecule has 0 radical (unpaired) electrons. The first kappa shape index (κ1) is 22.4. The van der Waals surface area contributed by atoms with Crippen LogP contribution in [0, 0.1) is 13.8 Å². The molecule has 28 heavy (non-hydrogen) atoms. The lowest BCUT2D eigenvalue weighted by Crippen LogP contribution is -2.37. The molecular formula is C24H38N2O2. The molecule has 4 heteroatoms. The third-order valence-corrected chi connectivity index (χ3v) is 5.65. The van der Waals surface area contributed by atoms with Crippen LogP contribution in [0.5, 0.6) is 0 Å². The molecule has 0 spiro atoms. The third kappa shape index (κ3) is 6.08. The van der Waals surface area contributed by atoms with E-state index < -0.39 is 6.04 Å². The van der Waals surface area contributed by atoms with Gasteiger partial charge in [-0.1, -0.05) is 82.4 Å². The van der Waals surface area contributed by atoms with Gasteiger partial charge in [-0.25, -0.2) is 0 Å². The van der Waals surface area contributed by atoms with Crippen LogP contribution in [0.1, 0.15) is 101 Å². The molecule has 0 aromatic heterocycles. The number of unbranched alkanes of at least 4 members (excludes halogenated alkanes) is 9. The maximum atomic E-state index is 13.0. The minimum absolute atomic E-state index is 0.00910. The average molecular weight is 387 g/mol. The molecule has 4 nitrogen and oxygen atoms in total. The molecule has 1 aliphatic heterocycles. The van der Waals surface area contributed by atoms with Gasteiger partial charge in [0.05, 0.1) is 5.69 Å². The van der Waals surface area contributed by atoms with Crippen molar-refractivity contribution in [1.82, 2.24) is 5.32 Å². The summed E-state index contributed by atoms with van der Waals surface area (Å²) in [5, 5.41) is 2.84. The fourth-order valence-corrected chi connectivity index (χ4v) is 4.30. The highest BCUT2D eigenvalue weighted by atomic mass is 16.2. The molecule has 1 N–H and O–H groups in total. The van der Waals surface area contributed by atoms with Crippen molar-refractivity contribution in [2.24, 2.45) is 0 Å². The Bertz CT molecular complexity index is 669. The molecule has 1 unspecified atom stereocenters. The van der Waals surface area contributed by atoms with Gasteiger partial charge in [0.1, 0.15) is 6.04 Å². The average Bonchev–Trinajstić information content (AvgIpc) is 2.88. The molecule has 1 heterocycles.